The molecule has 0 saturated heterocycles. The van der Waals surface area contributed by atoms with Gasteiger partial charge in [-0.05, 0) is 36.3 Å². The fourth-order valence-electron chi connectivity index (χ4n) is 3.50. The SMILES string of the molecule is CCCC1=C2C(=O)N(Cc3ccccc3CC2CC)C1=O. The number of benzene rings is 1. The van der Waals surface area contributed by atoms with E-state index in [0.29, 0.717) is 13.0 Å². The molecule has 3 heteroatoms. The third-order valence-electron chi connectivity index (χ3n) is 4.62. The number of carbonyl (C=O) groups excluding carboxylic acids is 2. The van der Waals surface area contributed by atoms with E-state index in [1.165, 1.54) is 10.5 Å². The number of amides is 2. The quantitative estimate of drug-likeness (QED) is 0.799. The molecular formula is C18H21NO2. The van der Waals surface area contributed by atoms with Crippen LogP contribution >= 0.6 is 0 Å². The molecule has 3 rings (SSSR count). The highest BCUT2D eigenvalue weighted by molar-refractivity contribution is 6.19. The smallest absolute Gasteiger partial charge is 0.257 e. The summed E-state index contributed by atoms with van der Waals surface area (Å²) in [6, 6.07) is 8.17. The first kappa shape index (κ1) is 14.1. The Kier molecular flexibility index (Phi) is 3.66. The maximum atomic E-state index is 12.7. The zero-order valence-electron chi connectivity index (χ0n) is 12.7. The summed E-state index contributed by atoms with van der Waals surface area (Å²) in [7, 11) is 0. The van der Waals surface area contributed by atoms with Crippen LogP contribution in [-0.4, -0.2) is 16.7 Å². The number of fused-ring (bicyclic) bond motifs is 3. The molecule has 110 valence electrons. The molecule has 0 spiro atoms. The molecule has 1 atom stereocenters. The summed E-state index contributed by atoms with van der Waals surface area (Å²) in [5.74, 6) is 0.0475. The lowest BCUT2D eigenvalue weighted by Gasteiger charge is -2.24. The van der Waals surface area contributed by atoms with Gasteiger partial charge >= 0.3 is 0 Å². The maximum absolute atomic E-state index is 12.7. The molecule has 1 aromatic rings. The highest BCUT2D eigenvalue weighted by atomic mass is 16.2. The molecule has 0 aromatic heterocycles. The Morgan fingerprint density at radius 1 is 1.10 bits per heavy atom. The first-order chi connectivity index (χ1) is 10.2. The molecule has 0 aliphatic carbocycles. The number of hydrogen-bond donors (Lipinski definition) is 0. The maximum Gasteiger partial charge on any atom is 0.257 e. The van der Waals surface area contributed by atoms with Crippen LogP contribution in [0.15, 0.2) is 35.4 Å². The summed E-state index contributed by atoms with van der Waals surface area (Å²) in [6.45, 7) is 4.58. The fourth-order valence-corrected chi connectivity index (χ4v) is 3.50. The Morgan fingerprint density at radius 2 is 1.81 bits per heavy atom. The molecule has 2 aliphatic rings. The van der Waals surface area contributed by atoms with Crippen LogP contribution in [0.5, 0.6) is 0 Å². The van der Waals surface area contributed by atoms with E-state index < -0.39 is 0 Å². The van der Waals surface area contributed by atoms with Crippen LogP contribution in [0.3, 0.4) is 0 Å². The predicted octanol–water partition coefficient (Wildman–Crippen LogP) is 3.23. The second-order valence-electron chi connectivity index (χ2n) is 5.92. The van der Waals surface area contributed by atoms with E-state index in [1.807, 2.05) is 18.2 Å². The van der Waals surface area contributed by atoms with Crippen molar-refractivity contribution in [2.24, 2.45) is 5.92 Å². The lowest BCUT2D eigenvalue weighted by Crippen LogP contribution is -2.34. The molecule has 2 amide bonds. The standard InChI is InChI=1S/C18H21NO2/c1-3-7-15-16-12(4-2)10-13-8-5-6-9-14(13)11-19(17(15)20)18(16)21/h5-6,8-9,12H,3-4,7,10-11H2,1-2H3. The summed E-state index contributed by atoms with van der Waals surface area (Å²) in [6.07, 6.45) is 3.37. The number of hydrogen-bond acceptors (Lipinski definition) is 2. The van der Waals surface area contributed by atoms with Crippen LogP contribution in [-0.2, 0) is 22.6 Å². The van der Waals surface area contributed by atoms with Crippen LogP contribution in [0.4, 0.5) is 0 Å². The Labute approximate surface area is 125 Å². The van der Waals surface area contributed by atoms with E-state index in [9.17, 15) is 9.59 Å². The Balaban J connectivity index is 2.12. The largest absolute Gasteiger partial charge is 0.270 e. The zero-order valence-corrected chi connectivity index (χ0v) is 12.7. The molecule has 1 aromatic carbocycles. The molecule has 0 fully saturated rings. The van der Waals surface area contributed by atoms with Gasteiger partial charge in [-0.3, -0.25) is 14.5 Å². The van der Waals surface area contributed by atoms with E-state index in [1.54, 1.807) is 0 Å². The van der Waals surface area contributed by atoms with Gasteiger partial charge in [0, 0.05) is 11.1 Å². The summed E-state index contributed by atoms with van der Waals surface area (Å²) in [4.78, 5) is 26.7. The van der Waals surface area contributed by atoms with Gasteiger partial charge < -0.3 is 0 Å². The topological polar surface area (TPSA) is 37.4 Å². The molecular weight excluding hydrogens is 262 g/mol. The second-order valence-corrected chi connectivity index (χ2v) is 5.92. The molecule has 2 heterocycles. The molecule has 1 unspecified atom stereocenters. The molecule has 0 N–H and O–H groups in total. The van der Waals surface area contributed by atoms with E-state index >= 15 is 0 Å². The first-order valence-corrected chi connectivity index (χ1v) is 7.83. The van der Waals surface area contributed by atoms with Gasteiger partial charge in [-0.15, -0.1) is 0 Å². The lowest BCUT2D eigenvalue weighted by molar-refractivity contribution is -0.138. The van der Waals surface area contributed by atoms with Gasteiger partial charge in [0.1, 0.15) is 0 Å². The zero-order chi connectivity index (χ0) is 15.0. The Morgan fingerprint density at radius 3 is 2.48 bits per heavy atom. The Hall–Kier alpha value is -1.90. The van der Waals surface area contributed by atoms with Gasteiger partial charge in [-0.25, -0.2) is 0 Å². The van der Waals surface area contributed by atoms with Gasteiger partial charge in [0.2, 0.25) is 0 Å². The number of imide groups is 1. The summed E-state index contributed by atoms with van der Waals surface area (Å²) < 4.78 is 0. The van der Waals surface area contributed by atoms with E-state index in [4.69, 9.17) is 0 Å². The second kappa shape index (κ2) is 5.47. The molecule has 0 radical (unpaired) electrons. The van der Waals surface area contributed by atoms with Crippen molar-refractivity contribution >= 4 is 11.8 Å². The van der Waals surface area contributed by atoms with E-state index in [-0.39, 0.29) is 17.7 Å². The van der Waals surface area contributed by atoms with Gasteiger partial charge in [-0.1, -0.05) is 44.5 Å². The van der Waals surface area contributed by atoms with E-state index in [2.05, 4.69) is 19.9 Å². The van der Waals surface area contributed by atoms with Crippen LogP contribution in [0.2, 0.25) is 0 Å². The van der Waals surface area contributed by atoms with Gasteiger partial charge in [-0.2, -0.15) is 0 Å². The molecule has 2 bridgehead atoms. The summed E-state index contributed by atoms with van der Waals surface area (Å²) >= 11 is 0. The van der Waals surface area contributed by atoms with Crippen molar-refractivity contribution in [1.82, 2.24) is 4.90 Å². The number of carbonyl (C=O) groups is 2. The van der Waals surface area contributed by atoms with Crippen LogP contribution < -0.4 is 0 Å². The van der Waals surface area contributed by atoms with Crippen molar-refractivity contribution in [3.8, 4) is 0 Å². The monoisotopic (exact) mass is 283 g/mol. The molecule has 3 nitrogen and oxygen atoms in total. The highest BCUT2D eigenvalue weighted by Gasteiger charge is 2.41. The summed E-state index contributed by atoms with van der Waals surface area (Å²) in [5, 5.41) is 0. The minimum Gasteiger partial charge on any atom is -0.270 e. The average Bonchev–Trinajstić information content (AvgIpc) is 2.73. The average molecular weight is 283 g/mol. The first-order valence-electron chi connectivity index (χ1n) is 7.83. The van der Waals surface area contributed by atoms with Gasteiger partial charge in [0.05, 0.1) is 6.54 Å². The lowest BCUT2D eigenvalue weighted by atomic mass is 9.84. The minimum absolute atomic E-state index is 0.0511. The van der Waals surface area contributed by atoms with Crippen molar-refractivity contribution in [2.75, 3.05) is 0 Å². The highest BCUT2D eigenvalue weighted by Crippen LogP contribution is 2.36. The molecule has 2 aliphatic heterocycles. The number of rotatable bonds is 3. The minimum atomic E-state index is -0.0630. The fraction of sp³-hybridized carbons (Fsp3) is 0.444. The van der Waals surface area contributed by atoms with Crippen LogP contribution in [0.1, 0.15) is 44.2 Å². The van der Waals surface area contributed by atoms with Gasteiger partial charge in [0.15, 0.2) is 0 Å². The third-order valence-corrected chi connectivity index (χ3v) is 4.62. The van der Waals surface area contributed by atoms with Crippen molar-refractivity contribution in [1.29, 1.82) is 0 Å². The van der Waals surface area contributed by atoms with Crippen molar-refractivity contribution in [2.45, 2.75) is 46.1 Å². The predicted molar refractivity (Wildman–Crippen MR) is 81.4 cm³/mol. The normalized spacial score (nSPS) is 21.4. The van der Waals surface area contributed by atoms with Crippen LogP contribution in [0.25, 0.3) is 0 Å². The Bertz CT molecular complexity index is 630. The molecule has 0 saturated carbocycles. The van der Waals surface area contributed by atoms with E-state index in [0.717, 1.165) is 36.0 Å². The summed E-state index contributed by atoms with van der Waals surface area (Å²) in [5.41, 5.74) is 3.93. The number of nitrogens with zero attached hydrogens (tertiary/aromatic N) is 1. The third kappa shape index (κ3) is 2.21. The van der Waals surface area contributed by atoms with Gasteiger partial charge in [0.25, 0.3) is 11.8 Å². The van der Waals surface area contributed by atoms with Crippen LogP contribution in [0, 0.1) is 5.92 Å². The van der Waals surface area contributed by atoms with Crippen molar-refractivity contribution in [3.05, 3.63) is 46.5 Å². The van der Waals surface area contributed by atoms with Crippen molar-refractivity contribution < 1.29 is 9.59 Å². The molecule has 21 heavy (non-hydrogen) atoms. The van der Waals surface area contributed by atoms with Crippen molar-refractivity contribution in [3.63, 3.8) is 0 Å².